The van der Waals surface area contributed by atoms with E-state index in [2.05, 4.69) is 5.32 Å². The number of rotatable bonds is 3. The normalized spacial score (nSPS) is 10.0. The predicted molar refractivity (Wildman–Crippen MR) is 71.7 cm³/mol. The number of halogens is 2. The van der Waals surface area contributed by atoms with E-state index >= 15 is 0 Å². The van der Waals surface area contributed by atoms with Crippen molar-refractivity contribution in [3.8, 4) is 0 Å². The van der Waals surface area contributed by atoms with Gasteiger partial charge < -0.3 is 4.74 Å². The second-order valence-corrected chi connectivity index (χ2v) is 4.22. The lowest BCUT2D eigenvalue weighted by atomic mass is 10.2. The van der Waals surface area contributed by atoms with Crippen LogP contribution in [0, 0.1) is 5.82 Å². The summed E-state index contributed by atoms with van der Waals surface area (Å²) in [4.78, 5) is 11.5. The molecule has 0 atom stereocenters. The molecule has 0 radical (unpaired) electrons. The molecule has 0 spiro atoms. The maximum atomic E-state index is 13.0. The summed E-state index contributed by atoms with van der Waals surface area (Å²) < 4.78 is 18.0. The van der Waals surface area contributed by atoms with Gasteiger partial charge in [-0.05, 0) is 23.8 Å². The lowest BCUT2D eigenvalue weighted by Crippen LogP contribution is -2.13. The number of carbonyl (C=O) groups is 1. The van der Waals surface area contributed by atoms with Crippen LogP contribution in [0.2, 0.25) is 5.02 Å². The van der Waals surface area contributed by atoms with Gasteiger partial charge in [-0.25, -0.2) is 9.18 Å². The lowest BCUT2D eigenvalue weighted by Gasteiger charge is -2.08. The van der Waals surface area contributed by atoms with Crippen molar-refractivity contribution in [2.24, 2.45) is 0 Å². The summed E-state index contributed by atoms with van der Waals surface area (Å²) in [6.45, 7) is 0.139. The third kappa shape index (κ3) is 3.96. The quantitative estimate of drug-likeness (QED) is 0.913. The topological polar surface area (TPSA) is 38.3 Å². The number of hydrogen-bond donors (Lipinski definition) is 1. The van der Waals surface area contributed by atoms with E-state index in [0.29, 0.717) is 0 Å². The summed E-state index contributed by atoms with van der Waals surface area (Å²) in [7, 11) is 0. The Bertz CT molecular complexity index is 575. The van der Waals surface area contributed by atoms with E-state index in [4.69, 9.17) is 16.3 Å². The lowest BCUT2D eigenvalue weighted by molar-refractivity contribution is 0.155. The SMILES string of the molecule is O=C(Nc1cc(F)ccc1Cl)OCc1ccccc1. The first-order valence-corrected chi connectivity index (χ1v) is 5.96. The Kier molecular flexibility index (Phi) is 4.36. The van der Waals surface area contributed by atoms with Gasteiger partial charge in [-0.15, -0.1) is 0 Å². The third-order valence-electron chi connectivity index (χ3n) is 2.38. The fourth-order valence-electron chi connectivity index (χ4n) is 1.46. The highest BCUT2D eigenvalue weighted by atomic mass is 35.5. The molecule has 0 heterocycles. The second-order valence-electron chi connectivity index (χ2n) is 3.81. The van der Waals surface area contributed by atoms with Gasteiger partial charge in [0, 0.05) is 0 Å². The van der Waals surface area contributed by atoms with Crippen molar-refractivity contribution in [3.05, 3.63) is 64.9 Å². The molecule has 0 aromatic heterocycles. The largest absolute Gasteiger partial charge is 0.444 e. The molecule has 0 unspecified atom stereocenters. The average Bonchev–Trinajstić information content (AvgIpc) is 2.42. The fourth-order valence-corrected chi connectivity index (χ4v) is 1.63. The van der Waals surface area contributed by atoms with Crippen molar-refractivity contribution in [2.45, 2.75) is 6.61 Å². The minimum Gasteiger partial charge on any atom is -0.444 e. The summed E-state index contributed by atoms with van der Waals surface area (Å²) in [6.07, 6.45) is -0.684. The highest BCUT2D eigenvalue weighted by Gasteiger charge is 2.08. The van der Waals surface area contributed by atoms with Crippen molar-refractivity contribution in [1.82, 2.24) is 0 Å². The highest BCUT2D eigenvalue weighted by molar-refractivity contribution is 6.33. The van der Waals surface area contributed by atoms with Crippen molar-refractivity contribution in [2.75, 3.05) is 5.32 Å². The van der Waals surface area contributed by atoms with E-state index in [1.807, 2.05) is 30.3 Å². The molecule has 1 amide bonds. The van der Waals surface area contributed by atoms with Crippen molar-refractivity contribution in [1.29, 1.82) is 0 Å². The van der Waals surface area contributed by atoms with Crippen LogP contribution in [0.4, 0.5) is 14.9 Å². The zero-order valence-electron chi connectivity index (χ0n) is 9.90. The Labute approximate surface area is 115 Å². The van der Waals surface area contributed by atoms with Crippen LogP contribution in [0.25, 0.3) is 0 Å². The molecule has 19 heavy (non-hydrogen) atoms. The first-order valence-electron chi connectivity index (χ1n) is 5.58. The first-order chi connectivity index (χ1) is 9.15. The standard InChI is InChI=1S/C14H11ClFNO2/c15-12-7-6-11(16)8-13(12)17-14(18)19-9-10-4-2-1-3-5-10/h1-8H,9H2,(H,17,18). The molecule has 0 aliphatic heterocycles. The van der Waals surface area contributed by atoms with E-state index in [9.17, 15) is 9.18 Å². The molecule has 5 heteroatoms. The van der Waals surface area contributed by atoms with Gasteiger partial charge in [0.05, 0.1) is 10.7 Å². The van der Waals surface area contributed by atoms with Gasteiger partial charge in [0.1, 0.15) is 12.4 Å². The van der Waals surface area contributed by atoms with E-state index < -0.39 is 11.9 Å². The molecule has 0 aliphatic carbocycles. The molecule has 98 valence electrons. The molecule has 0 fully saturated rings. The van der Waals surface area contributed by atoms with E-state index in [1.165, 1.54) is 12.1 Å². The molecular formula is C14H11ClFNO2. The second kappa shape index (κ2) is 6.20. The van der Waals surface area contributed by atoms with Crippen molar-refractivity contribution < 1.29 is 13.9 Å². The number of carbonyl (C=O) groups excluding carboxylic acids is 1. The van der Waals surface area contributed by atoms with Gasteiger partial charge >= 0.3 is 6.09 Å². The van der Waals surface area contributed by atoms with Gasteiger partial charge in [-0.1, -0.05) is 41.9 Å². The van der Waals surface area contributed by atoms with Gasteiger partial charge in [0.2, 0.25) is 0 Å². The Balaban J connectivity index is 1.93. The number of anilines is 1. The Morgan fingerprint density at radius 2 is 1.95 bits per heavy atom. The van der Waals surface area contributed by atoms with E-state index in [0.717, 1.165) is 11.6 Å². The molecule has 0 bridgehead atoms. The van der Waals surface area contributed by atoms with Crippen LogP contribution in [-0.2, 0) is 11.3 Å². The number of amides is 1. The minimum absolute atomic E-state index is 0.139. The predicted octanol–water partition coefficient (Wildman–Crippen LogP) is 4.23. The summed E-state index contributed by atoms with van der Waals surface area (Å²) >= 11 is 5.82. The third-order valence-corrected chi connectivity index (χ3v) is 2.71. The van der Waals surface area contributed by atoms with E-state index in [1.54, 1.807) is 0 Å². The molecule has 2 aromatic rings. The van der Waals surface area contributed by atoms with Gasteiger partial charge in [0.25, 0.3) is 0 Å². The van der Waals surface area contributed by atoms with Crippen LogP contribution in [0.1, 0.15) is 5.56 Å². The smallest absolute Gasteiger partial charge is 0.412 e. The van der Waals surface area contributed by atoms with Crippen LogP contribution in [0.3, 0.4) is 0 Å². The van der Waals surface area contributed by atoms with Crippen LogP contribution in [0.5, 0.6) is 0 Å². The summed E-state index contributed by atoms with van der Waals surface area (Å²) in [5.74, 6) is -0.484. The molecule has 3 nitrogen and oxygen atoms in total. The van der Waals surface area contributed by atoms with Gasteiger partial charge in [-0.3, -0.25) is 5.32 Å². The first kappa shape index (κ1) is 13.4. The average molecular weight is 280 g/mol. The maximum absolute atomic E-state index is 13.0. The molecule has 0 saturated heterocycles. The number of ether oxygens (including phenoxy) is 1. The van der Waals surface area contributed by atoms with Crippen molar-refractivity contribution in [3.63, 3.8) is 0 Å². The molecule has 0 saturated carbocycles. The summed E-state index contributed by atoms with van der Waals surface area (Å²) in [5, 5.41) is 2.64. The van der Waals surface area contributed by atoms with Crippen molar-refractivity contribution >= 4 is 23.4 Å². The Hall–Kier alpha value is -2.07. The molecule has 1 N–H and O–H groups in total. The zero-order chi connectivity index (χ0) is 13.7. The molecule has 0 aliphatic rings. The Morgan fingerprint density at radius 1 is 1.21 bits per heavy atom. The zero-order valence-corrected chi connectivity index (χ0v) is 10.7. The maximum Gasteiger partial charge on any atom is 0.412 e. The molecule has 2 aromatic carbocycles. The fraction of sp³-hybridized carbons (Fsp3) is 0.0714. The summed E-state index contributed by atoms with van der Waals surface area (Å²) in [6, 6.07) is 12.9. The molecule has 2 rings (SSSR count). The van der Waals surface area contributed by atoms with Crippen LogP contribution < -0.4 is 5.32 Å². The van der Waals surface area contributed by atoms with Crippen LogP contribution in [-0.4, -0.2) is 6.09 Å². The number of hydrogen-bond acceptors (Lipinski definition) is 2. The number of nitrogens with one attached hydrogen (secondary N) is 1. The van der Waals surface area contributed by atoms with Crippen LogP contribution in [0.15, 0.2) is 48.5 Å². The Morgan fingerprint density at radius 3 is 2.68 bits per heavy atom. The summed E-state index contributed by atoms with van der Waals surface area (Å²) in [5.41, 5.74) is 1.04. The molecular weight excluding hydrogens is 269 g/mol. The van der Waals surface area contributed by atoms with E-state index in [-0.39, 0.29) is 17.3 Å². The van der Waals surface area contributed by atoms with Crippen LogP contribution >= 0.6 is 11.6 Å². The minimum atomic E-state index is -0.684. The van der Waals surface area contributed by atoms with Gasteiger partial charge in [0.15, 0.2) is 0 Å². The monoisotopic (exact) mass is 279 g/mol. The number of benzene rings is 2. The van der Waals surface area contributed by atoms with Gasteiger partial charge in [-0.2, -0.15) is 0 Å². The highest BCUT2D eigenvalue weighted by Crippen LogP contribution is 2.22.